The lowest BCUT2D eigenvalue weighted by molar-refractivity contribution is 1.08. The maximum Gasteiger partial charge on any atom is 0.228 e. The molecule has 2 heterocycles. The first-order valence-electron chi connectivity index (χ1n) is 2.22. The molecule has 0 radical (unpaired) electrons. The zero-order chi connectivity index (χ0) is 6.27. The van der Waals surface area contributed by atoms with Gasteiger partial charge in [0.15, 0.2) is 5.70 Å². The molecule has 0 saturated carbocycles. The molecule has 0 aromatic carbocycles. The number of fused-ring (bicyclic) bond motifs is 1. The summed E-state index contributed by atoms with van der Waals surface area (Å²) in [7, 11) is 0. The monoisotopic (exact) mass is 139 g/mol. The van der Waals surface area contributed by atoms with Gasteiger partial charge in [-0.25, -0.2) is 0 Å². The Kier molecular flexibility index (Phi) is 0.786. The van der Waals surface area contributed by atoms with E-state index >= 15 is 0 Å². The maximum atomic E-state index is 3.95. The molecule has 0 bridgehead atoms. The third-order valence-electron chi connectivity index (χ3n) is 0.947. The lowest BCUT2D eigenvalue weighted by atomic mass is 10.5. The van der Waals surface area contributed by atoms with Crippen molar-refractivity contribution in [2.24, 2.45) is 25.7 Å². The van der Waals surface area contributed by atoms with E-state index in [1.54, 1.807) is 0 Å². The molecule has 0 saturated heterocycles. The second kappa shape index (κ2) is 1.47. The Morgan fingerprint density at radius 2 is 2.00 bits per heavy atom. The molecular formula is C3HN5S. The van der Waals surface area contributed by atoms with Crippen LogP contribution in [-0.4, -0.2) is 5.84 Å². The van der Waals surface area contributed by atoms with Crippen LogP contribution in [0.15, 0.2) is 36.4 Å². The van der Waals surface area contributed by atoms with Crippen LogP contribution in [0.2, 0.25) is 0 Å². The fourth-order valence-electron chi connectivity index (χ4n) is 0.556. The highest BCUT2D eigenvalue weighted by molar-refractivity contribution is 7.84. The van der Waals surface area contributed by atoms with E-state index in [9.17, 15) is 0 Å². The molecule has 0 N–H and O–H groups in total. The smallest absolute Gasteiger partial charge is 0.139 e. The van der Waals surface area contributed by atoms with Gasteiger partial charge in [-0.2, -0.15) is 0 Å². The van der Waals surface area contributed by atoms with Crippen molar-refractivity contribution >= 4 is 18.5 Å². The van der Waals surface area contributed by atoms with Crippen molar-refractivity contribution in [2.75, 3.05) is 0 Å². The van der Waals surface area contributed by atoms with Gasteiger partial charge in [0.05, 0.1) is 0 Å². The average Bonchev–Trinajstić information content (AvgIpc) is 2.35. The van der Waals surface area contributed by atoms with Crippen molar-refractivity contribution in [3.63, 3.8) is 0 Å². The maximum absolute atomic E-state index is 3.95. The molecule has 2 rings (SSSR count). The first-order chi connectivity index (χ1) is 4.38. The molecular weight excluding hydrogens is 138 g/mol. The normalized spacial score (nSPS) is 21.2. The lowest BCUT2D eigenvalue weighted by Gasteiger charge is -1.78. The SMILES string of the molecule is SC1=C2N=NN=C2N=N1. The fraction of sp³-hybridized carbons (Fsp3) is 0. The molecule has 0 aromatic heterocycles. The topological polar surface area (TPSA) is 61.8 Å². The summed E-state index contributed by atoms with van der Waals surface area (Å²) in [5.41, 5.74) is 0.568. The van der Waals surface area contributed by atoms with Gasteiger partial charge < -0.3 is 0 Å². The summed E-state index contributed by atoms with van der Waals surface area (Å²) in [6.07, 6.45) is 0. The Hall–Kier alpha value is -1.04. The molecule has 0 atom stereocenters. The predicted octanol–water partition coefficient (Wildman–Crippen LogP) is 1.33. The highest BCUT2D eigenvalue weighted by Crippen LogP contribution is 2.25. The molecule has 0 aromatic rings. The van der Waals surface area contributed by atoms with E-state index in [0.29, 0.717) is 16.6 Å². The molecule has 0 aliphatic carbocycles. The van der Waals surface area contributed by atoms with Gasteiger partial charge in [-0.05, 0) is 5.22 Å². The first-order valence-corrected chi connectivity index (χ1v) is 2.67. The van der Waals surface area contributed by atoms with Crippen LogP contribution in [0.25, 0.3) is 0 Å². The minimum Gasteiger partial charge on any atom is -0.139 e. The number of rotatable bonds is 0. The van der Waals surface area contributed by atoms with Crippen molar-refractivity contribution in [1.82, 2.24) is 0 Å². The number of amidine groups is 1. The van der Waals surface area contributed by atoms with E-state index in [1.807, 2.05) is 0 Å². The molecule has 5 nitrogen and oxygen atoms in total. The van der Waals surface area contributed by atoms with E-state index in [-0.39, 0.29) is 0 Å². The number of hydrogen-bond acceptors (Lipinski definition) is 6. The van der Waals surface area contributed by atoms with Crippen LogP contribution < -0.4 is 0 Å². The summed E-state index contributed by atoms with van der Waals surface area (Å²) < 4.78 is 0. The van der Waals surface area contributed by atoms with Crippen LogP contribution >= 0.6 is 12.6 Å². The molecule has 0 spiro atoms. The van der Waals surface area contributed by atoms with E-state index in [2.05, 4.69) is 38.3 Å². The highest BCUT2D eigenvalue weighted by atomic mass is 32.1. The Balaban J connectivity index is 2.62. The van der Waals surface area contributed by atoms with Crippen molar-refractivity contribution in [3.05, 3.63) is 10.7 Å². The van der Waals surface area contributed by atoms with Crippen LogP contribution in [0.4, 0.5) is 0 Å². The summed E-state index contributed by atoms with van der Waals surface area (Å²) in [4.78, 5) is 0. The zero-order valence-corrected chi connectivity index (χ0v) is 5.08. The third-order valence-corrected chi connectivity index (χ3v) is 1.25. The zero-order valence-electron chi connectivity index (χ0n) is 4.18. The average molecular weight is 139 g/mol. The van der Waals surface area contributed by atoms with Crippen molar-refractivity contribution in [2.45, 2.75) is 0 Å². The van der Waals surface area contributed by atoms with Crippen molar-refractivity contribution in [1.29, 1.82) is 0 Å². The molecule has 2 aliphatic heterocycles. The quantitative estimate of drug-likeness (QED) is 0.492. The highest BCUT2D eigenvalue weighted by Gasteiger charge is 2.20. The molecule has 0 amide bonds. The van der Waals surface area contributed by atoms with Gasteiger partial charge >= 0.3 is 0 Å². The van der Waals surface area contributed by atoms with Gasteiger partial charge in [0.1, 0.15) is 5.03 Å². The second-order valence-electron chi connectivity index (χ2n) is 1.49. The molecule has 6 heteroatoms. The molecule has 0 unspecified atom stereocenters. The van der Waals surface area contributed by atoms with Crippen molar-refractivity contribution < 1.29 is 0 Å². The number of hydrogen-bond donors (Lipinski definition) is 1. The van der Waals surface area contributed by atoms with Crippen LogP contribution in [-0.2, 0) is 0 Å². The standard InChI is InChI=1S/C3HN5S/c9-3-1-2(5-7-3)6-8-4-1/h(H,7,9). The number of azo groups is 1. The Morgan fingerprint density at radius 3 is 2.78 bits per heavy atom. The van der Waals surface area contributed by atoms with Crippen LogP contribution in [0.5, 0.6) is 0 Å². The van der Waals surface area contributed by atoms with Crippen LogP contribution in [0.3, 0.4) is 0 Å². The summed E-state index contributed by atoms with van der Waals surface area (Å²) in [5, 5.41) is 18.2. The Morgan fingerprint density at radius 1 is 1.11 bits per heavy atom. The van der Waals surface area contributed by atoms with Crippen LogP contribution in [0, 0.1) is 0 Å². The van der Waals surface area contributed by atoms with Gasteiger partial charge in [-0.3, -0.25) is 0 Å². The number of nitrogens with zero attached hydrogens (tertiary/aromatic N) is 5. The minimum atomic E-state index is 0.458. The summed E-state index contributed by atoms with van der Waals surface area (Å²) in [6.45, 7) is 0. The second-order valence-corrected chi connectivity index (χ2v) is 1.91. The van der Waals surface area contributed by atoms with Crippen LogP contribution in [0.1, 0.15) is 0 Å². The minimum absolute atomic E-state index is 0.458. The summed E-state index contributed by atoms with van der Waals surface area (Å²) >= 11 is 3.95. The molecule has 2 aliphatic rings. The summed E-state index contributed by atoms with van der Waals surface area (Å²) in [5.74, 6) is 0.458. The van der Waals surface area contributed by atoms with Gasteiger partial charge in [-0.15, -0.1) is 33.1 Å². The van der Waals surface area contributed by atoms with Gasteiger partial charge in [-0.1, -0.05) is 0 Å². The van der Waals surface area contributed by atoms with E-state index in [1.165, 1.54) is 0 Å². The van der Waals surface area contributed by atoms with Crippen molar-refractivity contribution in [3.8, 4) is 0 Å². The summed E-state index contributed by atoms with van der Waals surface area (Å²) in [6, 6.07) is 0. The van der Waals surface area contributed by atoms with E-state index < -0.39 is 0 Å². The first kappa shape index (κ1) is 4.80. The molecule has 9 heavy (non-hydrogen) atoms. The number of thiol groups is 1. The molecule has 44 valence electrons. The van der Waals surface area contributed by atoms with E-state index in [0.717, 1.165) is 0 Å². The molecule has 0 fully saturated rings. The lowest BCUT2D eigenvalue weighted by Crippen LogP contribution is -1.85. The fourth-order valence-corrected chi connectivity index (χ4v) is 0.745. The Bertz CT molecular complexity index is 272. The van der Waals surface area contributed by atoms with Gasteiger partial charge in [0.25, 0.3) is 0 Å². The largest absolute Gasteiger partial charge is 0.228 e. The van der Waals surface area contributed by atoms with E-state index in [4.69, 9.17) is 0 Å². The third kappa shape index (κ3) is 0.531. The Labute approximate surface area is 55.7 Å². The predicted molar refractivity (Wildman–Crippen MR) is 33.2 cm³/mol. The van der Waals surface area contributed by atoms with Gasteiger partial charge in [0, 0.05) is 0 Å². The van der Waals surface area contributed by atoms with Gasteiger partial charge in [0.2, 0.25) is 5.84 Å².